The highest BCUT2D eigenvalue weighted by Gasteiger charge is 2.20. The number of hydrogen-bond donors (Lipinski definition) is 1. The number of ether oxygens (including phenoxy) is 4. The Morgan fingerprint density at radius 1 is 0.933 bits per heavy atom. The molecule has 7 heteroatoms. The van der Waals surface area contributed by atoms with E-state index in [1.54, 1.807) is 6.92 Å². The lowest BCUT2D eigenvalue weighted by molar-refractivity contribution is -0.156. The number of carbonyl (C=O) groups is 2. The van der Waals surface area contributed by atoms with E-state index in [9.17, 15) is 9.59 Å². The van der Waals surface area contributed by atoms with Crippen molar-refractivity contribution in [2.24, 2.45) is 0 Å². The van der Waals surface area contributed by atoms with Crippen LogP contribution in [0.4, 0.5) is 10.5 Å². The van der Waals surface area contributed by atoms with Gasteiger partial charge in [0.25, 0.3) is 0 Å². The van der Waals surface area contributed by atoms with Crippen molar-refractivity contribution in [3.63, 3.8) is 0 Å². The van der Waals surface area contributed by atoms with Crippen LogP contribution in [0.15, 0.2) is 48.5 Å². The van der Waals surface area contributed by atoms with Gasteiger partial charge in [-0.25, -0.2) is 9.59 Å². The van der Waals surface area contributed by atoms with E-state index in [1.165, 1.54) is 7.11 Å². The molecule has 30 heavy (non-hydrogen) atoms. The van der Waals surface area contributed by atoms with E-state index < -0.39 is 12.2 Å². The Morgan fingerprint density at radius 2 is 1.60 bits per heavy atom. The van der Waals surface area contributed by atoms with Crippen molar-refractivity contribution < 1.29 is 28.5 Å². The standard InChI is InChI=1S/C23H29NO6/c1-4-28-21(22(25)29-5-2)16-18-8-12-20(13-9-18)30-15-14-17-6-10-19(11-7-17)24-23(26)27-3/h6-13,21H,4-5,14-16H2,1-3H3,(H,24,26). The smallest absolute Gasteiger partial charge is 0.411 e. The van der Waals surface area contributed by atoms with Crippen LogP contribution in [0.3, 0.4) is 0 Å². The molecular weight excluding hydrogens is 386 g/mol. The number of anilines is 1. The van der Waals surface area contributed by atoms with E-state index in [0.717, 1.165) is 23.3 Å². The Balaban J connectivity index is 1.81. The third-order valence-corrected chi connectivity index (χ3v) is 4.31. The summed E-state index contributed by atoms with van der Waals surface area (Å²) in [5, 5.41) is 2.61. The van der Waals surface area contributed by atoms with Gasteiger partial charge in [-0.1, -0.05) is 24.3 Å². The Kier molecular flexibility index (Phi) is 9.67. The third kappa shape index (κ3) is 7.75. The maximum absolute atomic E-state index is 12.0. The number of esters is 1. The second kappa shape index (κ2) is 12.5. The molecule has 2 rings (SSSR count). The van der Waals surface area contributed by atoms with Crippen LogP contribution in [-0.2, 0) is 31.8 Å². The molecule has 0 bridgehead atoms. The van der Waals surface area contributed by atoms with Gasteiger partial charge in [0.1, 0.15) is 5.75 Å². The van der Waals surface area contributed by atoms with Crippen molar-refractivity contribution in [3.8, 4) is 5.75 Å². The first kappa shape index (κ1) is 23.2. The molecule has 0 spiro atoms. The van der Waals surface area contributed by atoms with Gasteiger partial charge in [-0.3, -0.25) is 5.32 Å². The molecule has 7 nitrogen and oxygen atoms in total. The maximum atomic E-state index is 12.0. The second-order valence-corrected chi connectivity index (χ2v) is 6.46. The molecule has 2 aromatic rings. The Morgan fingerprint density at radius 3 is 2.20 bits per heavy atom. The molecule has 0 saturated heterocycles. The summed E-state index contributed by atoms with van der Waals surface area (Å²) in [6.45, 7) is 4.94. The van der Waals surface area contributed by atoms with Crippen LogP contribution in [-0.4, -0.2) is 45.1 Å². The molecule has 1 unspecified atom stereocenters. The van der Waals surface area contributed by atoms with Gasteiger partial charge in [0, 0.05) is 25.1 Å². The number of rotatable bonds is 11. The van der Waals surface area contributed by atoms with Crippen molar-refractivity contribution in [1.82, 2.24) is 0 Å². The number of carbonyl (C=O) groups excluding carboxylic acids is 2. The third-order valence-electron chi connectivity index (χ3n) is 4.31. The summed E-state index contributed by atoms with van der Waals surface area (Å²) < 4.78 is 20.9. The van der Waals surface area contributed by atoms with E-state index in [4.69, 9.17) is 14.2 Å². The fraction of sp³-hybridized carbons (Fsp3) is 0.391. The van der Waals surface area contributed by atoms with Crippen molar-refractivity contribution >= 4 is 17.7 Å². The normalized spacial score (nSPS) is 11.4. The molecule has 0 saturated carbocycles. The van der Waals surface area contributed by atoms with Crippen LogP contribution in [0.2, 0.25) is 0 Å². The fourth-order valence-corrected chi connectivity index (χ4v) is 2.79. The molecule has 0 aliphatic rings. The number of amides is 1. The minimum atomic E-state index is -0.599. The summed E-state index contributed by atoms with van der Waals surface area (Å²) in [5.74, 6) is 0.416. The summed E-state index contributed by atoms with van der Waals surface area (Å²) in [5.41, 5.74) is 2.74. The van der Waals surface area contributed by atoms with Gasteiger partial charge < -0.3 is 18.9 Å². The van der Waals surface area contributed by atoms with Gasteiger partial charge in [0.15, 0.2) is 6.10 Å². The molecule has 0 fully saturated rings. The van der Waals surface area contributed by atoms with Gasteiger partial charge in [-0.05, 0) is 49.2 Å². The molecular formula is C23H29NO6. The summed E-state index contributed by atoms with van der Waals surface area (Å²) in [6.07, 6.45) is 0.0942. The lowest BCUT2D eigenvalue weighted by Gasteiger charge is -2.15. The highest BCUT2D eigenvalue weighted by molar-refractivity contribution is 5.84. The average Bonchev–Trinajstić information content (AvgIpc) is 2.76. The summed E-state index contributed by atoms with van der Waals surface area (Å²) in [6, 6.07) is 15.1. The molecule has 1 amide bonds. The lowest BCUT2D eigenvalue weighted by Crippen LogP contribution is -2.28. The molecule has 0 aromatic heterocycles. The predicted molar refractivity (Wildman–Crippen MR) is 114 cm³/mol. The summed E-state index contributed by atoms with van der Waals surface area (Å²) in [7, 11) is 1.32. The second-order valence-electron chi connectivity index (χ2n) is 6.46. The van der Waals surface area contributed by atoms with E-state index >= 15 is 0 Å². The molecule has 1 atom stereocenters. The van der Waals surface area contributed by atoms with E-state index in [2.05, 4.69) is 10.1 Å². The molecule has 0 aliphatic carbocycles. The van der Waals surface area contributed by atoms with Crippen LogP contribution in [0.5, 0.6) is 5.75 Å². The van der Waals surface area contributed by atoms with Gasteiger partial charge in [-0.2, -0.15) is 0 Å². The Bertz CT molecular complexity index is 788. The predicted octanol–water partition coefficient (Wildman–Crippen LogP) is 4.00. The van der Waals surface area contributed by atoms with Crippen LogP contribution in [0.25, 0.3) is 0 Å². The molecule has 1 N–H and O–H groups in total. The highest BCUT2D eigenvalue weighted by atomic mass is 16.6. The first-order valence-corrected chi connectivity index (χ1v) is 9.99. The van der Waals surface area contributed by atoms with E-state index in [1.807, 2.05) is 55.5 Å². The van der Waals surface area contributed by atoms with E-state index in [-0.39, 0.29) is 5.97 Å². The molecule has 0 aliphatic heterocycles. The van der Waals surface area contributed by atoms with Gasteiger partial charge in [0.05, 0.1) is 20.3 Å². The van der Waals surface area contributed by atoms with Crippen LogP contribution >= 0.6 is 0 Å². The Labute approximate surface area is 177 Å². The van der Waals surface area contributed by atoms with Crippen molar-refractivity contribution in [1.29, 1.82) is 0 Å². The first-order valence-electron chi connectivity index (χ1n) is 9.99. The van der Waals surface area contributed by atoms with Crippen molar-refractivity contribution in [3.05, 3.63) is 59.7 Å². The largest absolute Gasteiger partial charge is 0.493 e. The lowest BCUT2D eigenvalue weighted by atomic mass is 10.1. The van der Waals surface area contributed by atoms with Crippen molar-refractivity contribution in [2.75, 3.05) is 32.2 Å². The average molecular weight is 415 g/mol. The fourth-order valence-electron chi connectivity index (χ4n) is 2.79. The van der Waals surface area contributed by atoms with Crippen molar-refractivity contribution in [2.45, 2.75) is 32.8 Å². The maximum Gasteiger partial charge on any atom is 0.411 e. The molecule has 162 valence electrons. The van der Waals surface area contributed by atoms with Gasteiger partial charge >= 0.3 is 12.1 Å². The quantitative estimate of drug-likeness (QED) is 0.559. The number of nitrogens with one attached hydrogen (secondary N) is 1. The minimum Gasteiger partial charge on any atom is -0.493 e. The molecule has 2 aromatic carbocycles. The SMILES string of the molecule is CCOC(=O)C(Cc1ccc(OCCc2ccc(NC(=O)OC)cc2)cc1)OCC. The number of benzene rings is 2. The van der Waals surface area contributed by atoms with Crippen LogP contribution in [0.1, 0.15) is 25.0 Å². The zero-order chi connectivity index (χ0) is 21.8. The summed E-state index contributed by atoms with van der Waals surface area (Å²) in [4.78, 5) is 23.2. The highest BCUT2D eigenvalue weighted by Crippen LogP contribution is 2.16. The van der Waals surface area contributed by atoms with Gasteiger partial charge in [0.2, 0.25) is 0 Å². The van der Waals surface area contributed by atoms with Crippen LogP contribution < -0.4 is 10.1 Å². The monoisotopic (exact) mass is 415 g/mol. The summed E-state index contributed by atoms with van der Waals surface area (Å²) >= 11 is 0. The van der Waals surface area contributed by atoms with Gasteiger partial charge in [-0.15, -0.1) is 0 Å². The first-order chi connectivity index (χ1) is 14.5. The Hall–Kier alpha value is -3.06. The molecule has 0 radical (unpaired) electrons. The zero-order valence-corrected chi connectivity index (χ0v) is 17.7. The topological polar surface area (TPSA) is 83.1 Å². The molecule has 0 heterocycles. The number of methoxy groups -OCH3 is 1. The minimum absolute atomic E-state index is 0.333. The van der Waals surface area contributed by atoms with Crippen LogP contribution in [0, 0.1) is 0 Å². The number of hydrogen-bond acceptors (Lipinski definition) is 6. The zero-order valence-electron chi connectivity index (χ0n) is 17.7. The van der Waals surface area contributed by atoms with E-state index in [0.29, 0.717) is 31.9 Å².